The molecule has 0 spiro atoms. The SMILES string of the molecule is Cl.O=C(NCCc1ccc([N+](=O)[O-])cc1)[C@H](O)c1ccccc1. The van der Waals surface area contributed by atoms with Gasteiger partial charge in [0.05, 0.1) is 4.92 Å². The second-order valence-electron chi connectivity index (χ2n) is 4.78. The van der Waals surface area contributed by atoms with Crippen molar-refractivity contribution in [3.63, 3.8) is 0 Å². The summed E-state index contributed by atoms with van der Waals surface area (Å²) in [5, 5.41) is 23.1. The maximum atomic E-state index is 11.8. The summed E-state index contributed by atoms with van der Waals surface area (Å²) < 4.78 is 0. The van der Waals surface area contributed by atoms with Crippen LogP contribution >= 0.6 is 12.4 Å². The summed E-state index contributed by atoms with van der Waals surface area (Å²) in [6, 6.07) is 14.8. The number of nitro benzene ring substituents is 1. The number of nitrogens with one attached hydrogen (secondary N) is 1. The fourth-order valence-electron chi connectivity index (χ4n) is 2.00. The van der Waals surface area contributed by atoms with E-state index in [0.29, 0.717) is 18.5 Å². The average Bonchev–Trinajstić information content (AvgIpc) is 2.55. The lowest BCUT2D eigenvalue weighted by molar-refractivity contribution is -0.384. The van der Waals surface area contributed by atoms with Crippen molar-refractivity contribution < 1.29 is 14.8 Å². The van der Waals surface area contributed by atoms with Crippen LogP contribution in [-0.4, -0.2) is 22.5 Å². The van der Waals surface area contributed by atoms with Crippen LogP contribution in [-0.2, 0) is 11.2 Å². The number of hydrogen-bond acceptors (Lipinski definition) is 4. The lowest BCUT2D eigenvalue weighted by Crippen LogP contribution is -2.30. The zero-order chi connectivity index (χ0) is 15.9. The maximum absolute atomic E-state index is 11.8. The molecule has 0 saturated heterocycles. The minimum absolute atomic E-state index is 0. The Bertz CT molecular complexity index is 647. The smallest absolute Gasteiger partial charge is 0.269 e. The minimum Gasteiger partial charge on any atom is -0.378 e. The third-order valence-corrected chi connectivity index (χ3v) is 3.22. The van der Waals surface area contributed by atoms with Crippen molar-refractivity contribution in [1.82, 2.24) is 5.32 Å². The molecule has 6 nitrogen and oxygen atoms in total. The number of amides is 1. The molecule has 122 valence electrons. The molecule has 7 heteroatoms. The molecular weight excluding hydrogens is 320 g/mol. The molecule has 0 aliphatic heterocycles. The quantitative estimate of drug-likeness (QED) is 0.626. The van der Waals surface area contributed by atoms with Crippen molar-refractivity contribution in [1.29, 1.82) is 0 Å². The van der Waals surface area contributed by atoms with E-state index in [1.807, 2.05) is 6.07 Å². The number of benzene rings is 2. The third kappa shape index (κ3) is 5.36. The van der Waals surface area contributed by atoms with Crippen LogP contribution < -0.4 is 5.32 Å². The number of rotatable bonds is 6. The molecule has 0 unspecified atom stereocenters. The standard InChI is InChI=1S/C16H16N2O4.ClH/c19-15(13-4-2-1-3-5-13)16(20)17-11-10-12-6-8-14(9-7-12)18(21)22;/h1-9,15,19H,10-11H2,(H,17,20);1H/t15-;/m1./s1. The maximum Gasteiger partial charge on any atom is 0.269 e. The Morgan fingerprint density at radius 1 is 1.13 bits per heavy atom. The molecule has 2 rings (SSSR count). The van der Waals surface area contributed by atoms with Crippen molar-refractivity contribution in [2.24, 2.45) is 0 Å². The van der Waals surface area contributed by atoms with Gasteiger partial charge in [-0.05, 0) is 17.5 Å². The van der Waals surface area contributed by atoms with E-state index in [2.05, 4.69) is 5.32 Å². The molecule has 1 amide bonds. The Balaban J connectivity index is 0.00000264. The molecule has 0 saturated carbocycles. The molecule has 2 N–H and O–H groups in total. The highest BCUT2D eigenvalue weighted by atomic mass is 35.5. The Hall–Kier alpha value is -2.44. The zero-order valence-corrected chi connectivity index (χ0v) is 13.0. The fraction of sp³-hybridized carbons (Fsp3) is 0.188. The van der Waals surface area contributed by atoms with E-state index in [-0.39, 0.29) is 18.1 Å². The van der Waals surface area contributed by atoms with E-state index in [0.717, 1.165) is 5.56 Å². The van der Waals surface area contributed by atoms with Crippen LogP contribution in [0.3, 0.4) is 0 Å². The van der Waals surface area contributed by atoms with Crippen molar-refractivity contribution >= 4 is 24.0 Å². The molecule has 23 heavy (non-hydrogen) atoms. The van der Waals surface area contributed by atoms with Crippen LogP contribution in [0.25, 0.3) is 0 Å². The molecule has 0 aliphatic carbocycles. The van der Waals surface area contributed by atoms with Crippen LogP contribution in [0.2, 0.25) is 0 Å². The first-order valence-corrected chi connectivity index (χ1v) is 6.82. The summed E-state index contributed by atoms with van der Waals surface area (Å²) in [7, 11) is 0. The molecular formula is C16H17ClN2O4. The lowest BCUT2D eigenvalue weighted by atomic mass is 10.1. The minimum atomic E-state index is -1.20. The first kappa shape index (κ1) is 18.6. The van der Waals surface area contributed by atoms with Gasteiger partial charge in [-0.1, -0.05) is 42.5 Å². The number of nitro groups is 1. The number of hydrogen-bond donors (Lipinski definition) is 2. The van der Waals surface area contributed by atoms with Crippen molar-refractivity contribution in [3.8, 4) is 0 Å². The first-order chi connectivity index (χ1) is 10.6. The number of carbonyl (C=O) groups excluding carboxylic acids is 1. The molecule has 0 radical (unpaired) electrons. The van der Waals surface area contributed by atoms with Gasteiger partial charge >= 0.3 is 0 Å². The van der Waals surface area contributed by atoms with Crippen LogP contribution in [0, 0.1) is 10.1 Å². The molecule has 0 aliphatic rings. The van der Waals surface area contributed by atoms with Crippen LogP contribution in [0.5, 0.6) is 0 Å². The Morgan fingerprint density at radius 3 is 2.30 bits per heavy atom. The summed E-state index contributed by atoms with van der Waals surface area (Å²) in [5.74, 6) is -0.465. The van der Waals surface area contributed by atoms with Gasteiger partial charge in [0.2, 0.25) is 0 Å². The van der Waals surface area contributed by atoms with Gasteiger partial charge < -0.3 is 10.4 Å². The average molecular weight is 337 g/mol. The van der Waals surface area contributed by atoms with Crippen LogP contribution in [0.1, 0.15) is 17.2 Å². The topological polar surface area (TPSA) is 92.5 Å². The molecule has 2 aromatic rings. The summed E-state index contributed by atoms with van der Waals surface area (Å²) >= 11 is 0. The number of halogens is 1. The summed E-state index contributed by atoms with van der Waals surface area (Å²) in [6.07, 6.45) is -0.663. The monoisotopic (exact) mass is 336 g/mol. The second-order valence-corrected chi connectivity index (χ2v) is 4.78. The predicted octanol–water partition coefficient (Wildman–Crippen LogP) is 2.41. The number of nitrogens with zero attached hydrogens (tertiary/aromatic N) is 1. The highest BCUT2D eigenvalue weighted by molar-refractivity contribution is 5.85. The van der Waals surface area contributed by atoms with Gasteiger partial charge in [-0.3, -0.25) is 14.9 Å². The van der Waals surface area contributed by atoms with E-state index >= 15 is 0 Å². The van der Waals surface area contributed by atoms with E-state index in [1.54, 1.807) is 36.4 Å². The van der Waals surface area contributed by atoms with Crippen LogP contribution in [0.15, 0.2) is 54.6 Å². The molecule has 0 aromatic heterocycles. The normalized spacial score (nSPS) is 11.2. The second kappa shape index (κ2) is 8.87. The largest absolute Gasteiger partial charge is 0.378 e. The number of aliphatic hydroxyl groups is 1. The molecule has 0 fully saturated rings. The molecule has 1 atom stereocenters. The van der Waals surface area contributed by atoms with Crippen molar-refractivity contribution in [2.45, 2.75) is 12.5 Å². The summed E-state index contributed by atoms with van der Waals surface area (Å²) in [5.41, 5.74) is 1.45. The summed E-state index contributed by atoms with van der Waals surface area (Å²) in [6.45, 7) is 0.348. The number of carbonyl (C=O) groups is 1. The molecule has 0 bridgehead atoms. The van der Waals surface area contributed by atoms with E-state index < -0.39 is 16.9 Å². The van der Waals surface area contributed by atoms with E-state index in [1.165, 1.54) is 12.1 Å². The Labute approximate surface area is 139 Å². The zero-order valence-electron chi connectivity index (χ0n) is 12.2. The van der Waals surface area contributed by atoms with Gasteiger partial charge in [-0.2, -0.15) is 0 Å². The van der Waals surface area contributed by atoms with E-state index in [4.69, 9.17) is 0 Å². The van der Waals surface area contributed by atoms with Crippen molar-refractivity contribution in [3.05, 3.63) is 75.8 Å². The van der Waals surface area contributed by atoms with Gasteiger partial charge in [0.15, 0.2) is 6.10 Å². The van der Waals surface area contributed by atoms with E-state index in [9.17, 15) is 20.0 Å². The third-order valence-electron chi connectivity index (χ3n) is 3.22. The number of aliphatic hydroxyl groups excluding tert-OH is 1. The fourth-order valence-corrected chi connectivity index (χ4v) is 2.00. The van der Waals surface area contributed by atoms with Crippen molar-refractivity contribution in [2.75, 3.05) is 6.54 Å². The number of non-ortho nitro benzene ring substituents is 1. The van der Waals surface area contributed by atoms with Gasteiger partial charge in [0, 0.05) is 18.7 Å². The Kier molecular flexibility index (Phi) is 7.18. The van der Waals surface area contributed by atoms with Gasteiger partial charge in [-0.15, -0.1) is 12.4 Å². The van der Waals surface area contributed by atoms with Gasteiger partial charge in [0.25, 0.3) is 11.6 Å². The lowest BCUT2D eigenvalue weighted by Gasteiger charge is -2.11. The van der Waals surface area contributed by atoms with Gasteiger partial charge in [0.1, 0.15) is 0 Å². The van der Waals surface area contributed by atoms with Crippen LogP contribution in [0.4, 0.5) is 5.69 Å². The predicted molar refractivity (Wildman–Crippen MR) is 88.5 cm³/mol. The summed E-state index contributed by atoms with van der Waals surface area (Å²) in [4.78, 5) is 21.9. The molecule has 2 aromatic carbocycles. The highest BCUT2D eigenvalue weighted by Gasteiger charge is 2.16. The Morgan fingerprint density at radius 2 is 1.74 bits per heavy atom. The highest BCUT2D eigenvalue weighted by Crippen LogP contribution is 2.13. The first-order valence-electron chi connectivity index (χ1n) is 6.82. The molecule has 0 heterocycles. The van der Waals surface area contributed by atoms with Gasteiger partial charge in [-0.25, -0.2) is 0 Å².